The highest BCUT2D eigenvalue weighted by atomic mass is 16.5. The van der Waals surface area contributed by atoms with E-state index >= 15 is 0 Å². The van der Waals surface area contributed by atoms with Gasteiger partial charge in [-0.05, 0) is 30.9 Å². The van der Waals surface area contributed by atoms with Gasteiger partial charge in [0.25, 0.3) is 5.91 Å². The van der Waals surface area contributed by atoms with Crippen LogP contribution in [-0.4, -0.2) is 48.4 Å². The lowest BCUT2D eigenvalue weighted by Gasteiger charge is -2.27. The van der Waals surface area contributed by atoms with Crippen molar-refractivity contribution in [3.63, 3.8) is 0 Å². The molecule has 0 bridgehead atoms. The number of hydrogen-bond acceptors (Lipinski definition) is 4. The Labute approximate surface area is 142 Å². The fourth-order valence-electron chi connectivity index (χ4n) is 2.90. The third-order valence-corrected chi connectivity index (χ3v) is 4.26. The highest BCUT2D eigenvalue weighted by Gasteiger charge is 2.36. The van der Waals surface area contributed by atoms with Crippen molar-refractivity contribution in [2.45, 2.75) is 38.8 Å². The average Bonchev–Trinajstić information content (AvgIpc) is 3.08. The first-order valence-electron chi connectivity index (χ1n) is 8.20. The van der Waals surface area contributed by atoms with Crippen LogP contribution in [0.15, 0.2) is 30.3 Å². The minimum atomic E-state index is -0.711. The molecule has 2 rings (SSSR count). The van der Waals surface area contributed by atoms with Gasteiger partial charge >= 0.3 is 5.97 Å². The minimum absolute atomic E-state index is 0.0962. The van der Waals surface area contributed by atoms with E-state index in [1.54, 1.807) is 29.2 Å². The van der Waals surface area contributed by atoms with Crippen LogP contribution in [0.3, 0.4) is 0 Å². The molecule has 6 nitrogen and oxygen atoms in total. The quantitative estimate of drug-likeness (QED) is 0.831. The fraction of sp³-hybridized carbons (Fsp3) is 0.500. The largest absolute Gasteiger partial charge is 0.467 e. The predicted molar refractivity (Wildman–Crippen MR) is 89.3 cm³/mol. The number of rotatable bonds is 5. The predicted octanol–water partition coefficient (Wildman–Crippen LogP) is 1.61. The van der Waals surface area contributed by atoms with Gasteiger partial charge in [-0.25, -0.2) is 4.79 Å². The zero-order valence-electron chi connectivity index (χ0n) is 14.3. The summed E-state index contributed by atoms with van der Waals surface area (Å²) in [5, 5.41) is 2.74. The second-order valence-corrected chi connectivity index (χ2v) is 6.28. The summed E-state index contributed by atoms with van der Waals surface area (Å²) in [4.78, 5) is 38.6. The molecule has 0 aliphatic carbocycles. The van der Waals surface area contributed by atoms with Gasteiger partial charge in [-0.3, -0.25) is 9.59 Å². The standard InChI is InChI=1S/C18H24N2O4/c1-12(2)15(18(23)24-3)19-16(21)14-10-7-11-20(14)17(22)13-8-5-4-6-9-13/h4-6,8-9,12,14-15H,7,10-11H2,1-3H3,(H,19,21)/t14-,15+/m0/s1. The molecule has 1 N–H and O–H groups in total. The van der Waals surface area contributed by atoms with E-state index in [0.717, 1.165) is 6.42 Å². The Morgan fingerprint density at radius 1 is 1.21 bits per heavy atom. The van der Waals surface area contributed by atoms with Crippen LogP contribution in [0.1, 0.15) is 37.0 Å². The van der Waals surface area contributed by atoms with E-state index in [9.17, 15) is 14.4 Å². The molecular weight excluding hydrogens is 308 g/mol. The van der Waals surface area contributed by atoms with E-state index < -0.39 is 18.1 Å². The van der Waals surface area contributed by atoms with Crippen molar-refractivity contribution in [3.8, 4) is 0 Å². The summed E-state index contributed by atoms with van der Waals surface area (Å²) in [7, 11) is 1.30. The van der Waals surface area contributed by atoms with Gasteiger partial charge in [-0.2, -0.15) is 0 Å². The highest BCUT2D eigenvalue weighted by Crippen LogP contribution is 2.21. The summed E-state index contributed by atoms with van der Waals surface area (Å²) < 4.78 is 4.75. The summed E-state index contributed by atoms with van der Waals surface area (Å²) >= 11 is 0. The Morgan fingerprint density at radius 3 is 2.46 bits per heavy atom. The number of methoxy groups -OCH3 is 1. The minimum Gasteiger partial charge on any atom is -0.467 e. The van der Waals surface area contributed by atoms with E-state index in [0.29, 0.717) is 18.5 Å². The van der Waals surface area contributed by atoms with Crippen LogP contribution in [0.2, 0.25) is 0 Å². The first-order chi connectivity index (χ1) is 11.5. The molecule has 0 spiro atoms. The van der Waals surface area contributed by atoms with Gasteiger partial charge in [0.15, 0.2) is 0 Å². The van der Waals surface area contributed by atoms with Crippen molar-refractivity contribution in [2.75, 3.05) is 13.7 Å². The first-order valence-corrected chi connectivity index (χ1v) is 8.20. The molecule has 1 aromatic rings. The van der Waals surface area contributed by atoms with Crippen molar-refractivity contribution in [1.29, 1.82) is 0 Å². The molecule has 1 aliphatic heterocycles. The molecule has 130 valence electrons. The van der Waals surface area contributed by atoms with Gasteiger partial charge in [-0.15, -0.1) is 0 Å². The Balaban J connectivity index is 2.10. The van der Waals surface area contributed by atoms with E-state index in [1.807, 2.05) is 19.9 Å². The average molecular weight is 332 g/mol. The summed E-state index contributed by atoms with van der Waals surface area (Å²) in [5.41, 5.74) is 0.561. The molecule has 0 unspecified atom stereocenters. The fourth-order valence-corrected chi connectivity index (χ4v) is 2.90. The number of esters is 1. The number of carbonyl (C=O) groups is 3. The molecule has 2 amide bonds. The first kappa shape index (κ1) is 18.0. The maximum absolute atomic E-state index is 12.6. The molecule has 1 aromatic carbocycles. The second-order valence-electron chi connectivity index (χ2n) is 6.28. The van der Waals surface area contributed by atoms with E-state index in [-0.39, 0.29) is 17.7 Å². The molecule has 1 aliphatic rings. The van der Waals surface area contributed by atoms with Crippen molar-refractivity contribution in [3.05, 3.63) is 35.9 Å². The van der Waals surface area contributed by atoms with Crippen molar-refractivity contribution < 1.29 is 19.1 Å². The Morgan fingerprint density at radius 2 is 1.88 bits per heavy atom. The Bertz CT molecular complexity index is 600. The lowest BCUT2D eigenvalue weighted by molar-refractivity contribution is -0.146. The number of likely N-dealkylation sites (tertiary alicyclic amines) is 1. The summed E-state index contributed by atoms with van der Waals surface area (Å²) in [6.07, 6.45) is 1.36. The normalized spacial score (nSPS) is 18.3. The maximum atomic E-state index is 12.6. The number of carbonyl (C=O) groups excluding carboxylic acids is 3. The molecule has 24 heavy (non-hydrogen) atoms. The third kappa shape index (κ3) is 3.93. The number of benzene rings is 1. The number of amides is 2. The van der Waals surface area contributed by atoms with Gasteiger partial charge in [0, 0.05) is 12.1 Å². The Hall–Kier alpha value is -2.37. The lowest BCUT2D eigenvalue weighted by Crippen LogP contribution is -2.52. The smallest absolute Gasteiger partial charge is 0.328 e. The summed E-state index contributed by atoms with van der Waals surface area (Å²) in [6.45, 7) is 4.21. The zero-order chi connectivity index (χ0) is 17.7. The van der Waals surface area contributed by atoms with Crippen LogP contribution in [-0.2, 0) is 14.3 Å². The molecule has 1 saturated heterocycles. The molecular formula is C18H24N2O4. The van der Waals surface area contributed by atoms with Gasteiger partial charge in [0.2, 0.25) is 5.91 Å². The zero-order valence-corrected chi connectivity index (χ0v) is 14.3. The Kier molecular flexibility index (Phi) is 5.95. The van der Waals surface area contributed by atoms with Crippen LogP contribution in [0, 0.1) is 5.92 Å². The SMILES string of the molecule is COC(=O)[C@H](NC(=O)[C@@H]1CCCN1C(=O)c1ccccc1)C(C)C. The number of nitrogens with one attached hydrogen (secondary N) is 1. The van der Waals surface area contributed by atoms with Gasteiger partial charge in [0.05, 0.1) is 7.11 Å². The number of hydrogen-bond donors (Lipinski definition) is 1. The number of nitrogens with zero attached hydrogens (tertiary/aromatic N) is 1. The molecule has 0 aromatic heterocycles. The van der Waals surface area contributed by atoms with Crippen molar-refractivity contribution >= 4 is 17.8 Å². The van der Waals surface area contributed by atoms with E-state index in [1.165, 1.54) is 7.11 Å². The van der Waals surface area contributed by atoms with E-state index in [2.05, 4.69) is 5.32 Å². The molecule has 0 saturated carbocycles. The molecule has 2 atom stereocenters. The molecule has 1 fully saturated rings. The summed E-state index contributed by atoms with van der Waals surface area (Å²) in [6, 6.07) is 7.64. The van der Waals surface area contributed by atoms with Crippen LogP contribution in [0.4, 0.5) is 0 Å². The topological polar surface area (TPSA) is 75.7 Å². The van der Waals surface area contributed by atoms with Gasteiger partial charge < -0.3 is 15.0 Å². The maximum Gasteiger partial charge on any atom is 0.328 e. The van der Waals surface area contributed by atoms with Crippen LogP contribution in [0.25, 0.3) is 0 Å². The molecule has 6 heteroatoms. The van der Waals surface area contributed by atoms with Gasteiger partial charge in [0.1, 0.15) is 12.1 Å². The third-order valence-electron chi connectivity index (χ3n) is 4.26. The number of ether oxygens (including phenoxy) is 1. The van der Waals surface area contributed by atoms with E-state index in [4.69, 9.17) is 4.74 Å². The van der Waals surface area contributed by atoms with Crippen molar-refractivity contribution in [1.82, 2.24) is 10.2 Å². The monoisotopic (exact) mass is 332 g/mol. The van der Waals surface area contributed by atoms with Crippen LogP contribution in [0.5, 0.6) is 0 Å². The lowest BCUT2D eigenvalue weighted by atomic mass is 10.0. The molecule has 1 heterocycles. The van der Waals surface area contributed by atoms with Crippen molar-refractivity contribution in [2.24, 2.45) is 5.92 Å². The molecule has 0 radical (unpaired) electrons. The van der Waals surface area contributed by atoms with Crippen LogP contribution >= 0.6 is 0 Å². The van der Waals surface area contributed by atoms with Crippen LogP contribution < -0.4 is 5.32 Å². The second kappa shape index (κ2) is 7.95. The summed E-state index contributed by atoms with van der Waals surface area (Å²) in [5.74, 6) is -1.04. The highest BCUT2D eigenvalue weighted by molar-refractivity contribution is 5.98. The van der Waals surface area contributed by atoms with Gasteiger partial charge in [-0.1, -0.05) is 32.0 Å².